The number of nitrogens with two attached hydrogens (primary N) is 1. The van der Waals surface area contributed by atoms with E-state index < -0.39 is 0 Å². The van der Waals surface area contributed by atoms with Crippen molar-refractivity contribution in [3.8, 4) is 0 Å². The largest absolute Gasteiger partial charge is 0.324 e. The van der Waals surface area contributed by atoms with Crippen molar-refractivity contribution in [3.63, 3.8) is 0 Å². The molecule has 1 heterocycles. The lowest BCUT2D eigenvalue weighted by molar-refractivity contribution is 0.419. The summed E-state index contributed by atoms with van der Waals surface area (Å²) in [5.41, 5.74) is 5.80. The molecule has 0 fully saturated rings. The summed E-state index contributed by atoms with van der Waals surface area (Å²) in [6, 6.07) is 4.73. The Balaban J connectivity index is 2.49. The van der Waals surface area contributed by atoms with Crippen LogP contribution in [0.2, 0.25) is 0 Å². The predicted octanol–water partition coefficient (Wildman–Crippen LogP) is 2.53. The third-order valence-corrected chi connectivity index (χ3v) is 3.08. The Morgan fingerprint density at radius 1 is 1.57 bits per heavy atom. The maximum Gasteiger partial charge on any atom is 0.0412 e. The van der Waals surface area contributed by atoms with Gasteiger partial charge in [-0.3, -0.25) is 0 Å². The van der Waals surface area contributed by atoms with Crippen molar-refractivity contribution >= 4 is 11.3 Å². The average Bonchev–Trinajstić information content (AvgIpc) is 2.56. The quantitative estimate of drug-likeness (QED) is 0.787. The molecular formula is C11H20N2S. The molecule has 0 aliphatic rings. The fourth-order valence-electron chi connectivity index (χ4n) is 1.32. The summed E-state index contributed by atoms with van der Waals surface area (Å²) in [6.45, 7) is 7.13. The van der Waals surface area contributed by atoms with Crippen molar-refractivity contribution < 1.29 is 0 Å². The monoisotopic (exact) mass is 212 g/mol. The number of hydrogen-bond acceptors (Lipinski definition) is 3. The molecule has 0 aliphatic heterocycles. The van der Waals surface area contributed by atoms with Crippen LogP contribution in [0.15, 0.2) is 17.5 Å². The van der Waals surface area contributed by atoms with E-state index in [4.69, 9.17) is 5.73 Å². The fraction of sp³-hybridized carbons (Fsp3) is 0.636. The lowest BCUT2D eigenvalue weighted by Crippen LogP contribution is -2.44. The Morgan fingerprint density at radius 2 is 2.29 bits per heavy atom. The minimum Gasteiger partial charge on any atom is -0.324 e. The molecule has 1 aromatic rings. The van der Waals surface area contributed by atoms with Crippen LogP contribution in [0.5, 0.6) is 0 Å². The molecule has 0 saturated heterocycles. The minimum absolute atomic E-state index is 0.134. The summed E-state index contributed by atoms with van der Waals surface area (Å²) >= 11 is 1.80. The number of nitrogens with one attached hydrogen (secondary N) is 1. The molecule has 0 radical (unpaired) electrons. The van der Waals surface area contributed by atoms with Crippen LogP contribution in [-0.4, -0.2) is 12.1 Å². The van der Waals surface area contributed by atoms with E-state index in [0.717, 1.165) is 13.0 Å². The molecule has 1 unspecified atom stereocenters. The molecule has 0 aromatic carbocycles. The molecule has 3 N–H and O–H groups in total. The molecule has 3 heteroatoms. The zero-order chi connectivity index (χ0) is 10.6. The van der Waals surface area contributed by atoms with Crippen LogP contribution in [-0.2, 0) is 0 Å². The SMILES string of the molecule is CCC(NCC(C)(C)N)c1cccs1. The van der Waals surface area contributed by atoms with Gasteiger partial charge in [-0.2, -0.15) is 0 Å². The molecule has 0 bridgehead atoms. The van der Waals surface area contributed by atoms with E-state index >= 15 is 0 Å². The van der Waals surface area contributed by atoms with E-state index in [1.807, 2.05) is 13.8 Å². The second kappa shape index (κ2) is 4.91. The summed E-state index contributed by atoms with van der Waals surface area (Å²) < 4.78 is 0. The normalized spacial score (nSPS) is 14.3. The maximum absolute atomic E-state index is 5.93. The number of hydrogen-bond donors (Lipinski definition) is 2. The summed E-state index contributed by atoms with van der Waals surface area (Å²) in [4.78, 5) is 1.40. The Hall–Kier alpha value is -0.380. The van der Waals surface area contributed by atoms with Gasteiger partial charge in [-0.05, 0) is 31.7 Å². The zero-order valence-corrected chi connectivity index (χ0v) is 10.0. The first-order valence-electron chi connectivity index (χ1n) is 5.08. The van der Waals surface area contributed by atoms with E-state index in [9.17, 15) is 0 Å². The van der Waals surface area contributed by atoms with Gasteiger partial charge in [0.2, 0.25) is 0 Å². The molecule has 0 aliphatic carbocycles. The van der Waals surface area contributed by atoms with E-state index in [1.54, 1.807) is 11.3 Å². The van der Waals surface area contributed by atoms with Gasteiger partial charge in [-0.25, -0.2) is 0 Å². The zero-order valence-electron chi connectivity index (χ0n) is 9.21. The smallest absolute Gasteiger partial charge is 0.0412 e. The van der Waals surface area contributed by atoms with Crippen LogP contribution in [0.4, 0.5) is 0 Å². The van der Waals surface area contributed by atoms with Crippen molar-refractivity contribution in [1.29, 1.82) is 0 Å². The molecule has 0 saturated carbocycles. The predicted molar refractivity (Wildman–Crippen MR) is 63.6 cm³/mol. The van der Waals surface area contributed by atoms with Gasteiger partial charge in [0.1, 0.15) is 0 Å². The maximum atomic E-state index is 5.93. The van der Waals surface area contributed by atoms with Gasteiger partial charge < -0.3 is 11.1 Å². The van der Waals surface area contributed by atoms with Gasteiger partial charge in [0.05, 0.1) is 0 Å². The van der Waals surface area contributed by atoms with E-state index in [1.165, 1.54) is 4.88 Å². The minimum atomic E-state index is -0.134. The first kappa shape index (κ1) is 11.7. The van der Waals surface area contributed by atoms with Gasteiger partial charge in [0.25, 0.3) is 0 Å². The lowest BCUT2D eigenvalue weighted by Gasteiger charge is -2.23. The van der Waals surface area contributed by atoms with Crippen LogP contribution >= 0.6 is 11.3 Å². The van der Waals surface area contributed by atoms with Crippen molar-refractivity contribution in [2.75, 3.05) is 6.54 Å². The second-order valence-corrected chi connectivity index (χ2v) is 5.33. The van der Waals surface area contributed by atoms with Crippen molar-refractivity contribution in [3.05, 3.63) is 22.4 Å². The Kier molecular flexibility index (Phi) is 4.11. The Labute approximate surface area is 90.5 Å². The van der Waals surface area contributed by atoms with Gasteiger partial charge in [0, 0.05) is 23.0 Å². The molecule has 2 nitrogen and oxygen atoms in total. The van der Waals surface area contributed by atoms with Crippen molar-refractivity contribution in [1.82, 2.24) is 5.32 Å². The molecule has 0 amide bonds. The van der Waals surface area contributed by atoms with Crippen LogP contribution < -0.4 is 11.1 Å². The van der Waals surface area contributed by atoms with Gasteiger partial charge in [-0.15, -0.1) is 11.3 Å². The summed E-state index contributed by atoms with van der Waals surface area (Å²) in [7, 11) is 0. The first-order chi connectivity index (χ1) is 6.53. The van der Waals surface area contributed by atoms with E-state index in [0.29, 0.717) is 6.04 Å². The van der Waals surface area contributed by atoms with Gasteiger partial charge >= 0.3 is 0 Å². The van der Waals surface area contributed by atoms with Crippen molar-refractivity contribution in [2.24, 2.45) is 5.73 Å². The molecule has 1 atom stereocenters. The highest BCUT2D eigenvalue weighted by molar-refractivity contribution is 7.10. The number of rotatable bonds is 5. The second-order valence-electron chi connectivity index (χ2n) is 4.35. The Bertz CT molecular complexity index is 249. The molecule has 14 heavy (non-hydrogen) atoms. The van der Waals surface area contributed by atoms with Crippen LogP contribution in [0, 0.1) is 0 Å². The molecular weight excluding hydrogens is 192 g/mol. The third-order valence-electron chi connectivity index (χ3n) is 2.10. The highest BCUT2D eigenvalue weighted by atomic mass is 32.1. The van der Waals surface area contributed by atoms with E-state index in [2.05, 4.69) is 29.8 Å². The van der Waals surface area contributed by atoms with Crippen LogP contribution in [0.3, 0.4) is 0 Å². The Morgan fingerprint density at radius 3 is 2.71 bits per heavy atom. The van der Waals surface area contributed by atoms with E-state index in [-0.39, 0.29) is 5.54 Å². The number of thiophene rings is 1. The fourth-order valence-corrected chi connectivity index (χ4v) is 2.21. The molecule has 0 spiro atoms. The topological polar surface area (TPSA) is 38.0 Å². The standard InChI is InChI=1S/C11H20N2S/c1-4-9(10-6-5-7-14-10)13-8-11(2,3)12/h5-7,9,13H,4,8,12H2,1-3H3. The summed E-state index contributed by atoms with van der Waals surface area (Å²) in [5.74, 6) is 0. The highest BCUT2D eigenvalue weighted by Gasteiger charge is 2.15. The lowest BCUT2D eigenvalue weighted by atomic mass is 10.1. The third kappa shape index (κ3) is 3.78. The first-order valence-corrected chi connectivity index (χ1v) is 5.96. The molecule has 1 aromatic heterocycles. The average molecular weight is 212 g/mol. The highest BCUT2D eigenvalue weighted by Crippen LogP contribution is 2.21. The molecule has 1 rings (SSSR count). The summed E-state index contributed by atoms with van der Waals surface area (Å²) in [5, 5.41) is 5.62. The van der Waals surface area contributed by atoms with Crippen molar-refractivity contribution in [2.45, 2.75) is 38.8 Å². The van der Waals surface area contributed by atoms with Crippen LogP contribution in [0.25, 0.3) is 0 Å². The summed E-state index contributed by atoms with van der Waals surface area (Å²) in [6.07, 6.45) is 1.11. The molecule has 80 valence electrons. The van der Waals surface area contributed by atoms with Gasteiger partial charge in [-0.1, -0.05) is 13.0 Å². The van der Waals surface area contributed by atoms with Crippen LogP contribution in [0.1, 0.15) is 38.1 Å². The van der Waals surface area contributed by atoms with Gasteiger partial charge in [0.15, 0.2) is 0 Å².